The van der Waals surface area contributed by atoms with Gasteiger partial charge in [-0.3, -0.25) is 9.69 Å². The van der Waals surface area contributed by atoms with E-state index in [2.05, 4.69) is 30.0 Å². The van der Waals surface area contributed by atoms with E-state index >= 15 is 0 Å². The van der Waals surface area contributed by atoms with Gasteiger partial charge in [0.25, 0.3) is 0 Å². The van der Waals surface area contributed by atoms with Gasteiger partial charge in [-0.15, -0.1) is 0 Å². The Kier molecular flexibility index (Phi) is 6.50. The fourth-order valence-electron chi connectivity index (χ4n) is 7.73. The molecule has 0 aromatic heterocycles. The summed E-state index contributed by atoms with van der Waals surface area (Å²) >= 11 is 0. The van der Waals surface area contributed by atoms with Crippen molar-refractivity contribution in [1.82, 2.24) is 4.90 Å². The third-order valence-corrected chi connectivity index (χ3v) is 9.22. The number of nitrogens with zero attached hydrogens (tertiary/aromatic N) is 1. The van der Waals surface area contributed by atoms with Crippen LogP contribution in [0.5, 0.6) is 11.5 Å². The average molecular weight is 540 g/mol. The van der Waals surface area contributed by atoms with Crippen LogP contribution in [-0.2, 0) is 30.2 Å². The minimum Gasteiger partial charge on any atom is -0.463 e. The highest BCUT2D eigenvalue weighted by Gasteiger charge is 2.58. The average Bonchev–Trinajstić information content (AvgIpc) is 3.51. The van der Waals surface area contributed by atoms with E-state index in [9.17, 15) is 9.59 Å². The summed E-state index contributed by atoms with van der Waals surface area (Å²) in [5.74, 6) is 0.537. The maximum Gasteiger partial charge on any atom is 0.339 e. The first-order valence-corrected chi connectivity index (χ1v) is 14.5. The lowest BCUT2D eigenvalue weighted by Crippen LogP contribution is -2.54. The van der Waals surface area contributed by atoms with Gasteiger partial charge in [0, 0.05) is 12.5 Å². The molecule has 8 nitrogen and oxygen atoms in total. The summed E-state index contributed by atoms with van der Waals surface area (Å²) in [5, 5.41) is 0. The SMILES string of the molecule is CC1=C[C@@]23CCCN2CCc2cc4c(cc2[C@@H]3C1OC(=O)[C@]1(CC(=O)OC(C)C)CCCC(C)(C)O1)OCO4. The molecule has 6 rings (SSSR count). The highest BCUT2D eigenvalue weighted by atomic mass is 16.7. The molecule has 0 saturated carbocycles. The molecule has 0 radical (unpaired) electrons. The van der Waals surface area contributed by atoms with Crippen LogP contribution in [0.25, 0.3) is 0 Å². The molecule has 1 aliphatic carbocycles. The van der Waals surface area contributed by atoms with Crippen LogP contribution in [-0.4, -0.2) is 65.7 Å². The predicted molar refractivity (Wildman–Crippen MR) is 144 cm³/mol. The van der Waals surface area contributed by atoms with E-state index in [0.29, 0.717) is 6.42 Å². The standard InChI is InChI=1S/C31H41NO7/c1-19(2)37-25(33)17-31(11-6-9-29(4,5)39-31)28(34)38-27-20(3)16-30-10-7-12-32(30)13-8-21-14-23-24(36-18-35-23)15-22(21)26(27)30/h14-16,19,26-27H,6-13,17-18H2,1-5H3/t26-,27?,30-,31-/m1/s1. The second-order valence-corrected chi connectivity index (χ2v) is 12.9. The minimum atomic E-state index is -1.37. The molecule has 0 amide bonds. The second-order valence-electron chi connectivity index (χ2n) is 12.9. The summed E-state index contributed by atoms with van der Waals surface area (Å²) in [7, 11) is 0. The fourth-order valence-corrected chi connectivity index (χ4v) is 7.73. The first-order chi connectivity index (χ1) is 18.5. The number of fused-ring (bicyclic) bond motifs is 3. The molecule has 0 N–H and O–H groups in total. The number of ether oxygens (including phenoxy) is 5. The van der Waals surface area contributed by atoms with Gasteiger partial charge in [0.05, 0.1) is 23.7 Å². The van der Waals surface area contributed by atoms with Gasteiger partial charge in [-0.1, -0.05) is 6.08 Å². The summed E-state index contributed by atoms with van der Waals surface area (Å²) in [5.41, 5.74) is 1.28. The quantitative estimate of drug-likeness (QED) is 0.389. The first kappa shape index (κ1) is 26.6. The van der Waals surface area contributed by atoms with Crippen LogP contribution in [0, 0.1) is 0 Å². The number of carbonyl (C=O) groups excluding carboxylic acids is 2. The largest absolute Gasteiger partial charge is 0.463 e. The molecule has 4 heterocycles. The fraction of sp³-hybridized carbons (Fsp3) is 0.677. The van der Waals surface area contributed by atoms with E-state index in [-0.39, 0.29) is 30.8 Å². The molecule has 4 aliphatic heterocycles. The van der Waals surface area contributed by atoms with E-state index in [4.69, 9.17) is 23.7 Å². The molecule has 1 unspecified atom stereocenters. The van der Waals surface area contributed by atoms with E-state index < -0.39 is 29.2 Å². The van der Waals surface area contributed by atoms with Crippen LogP contribution in [0.2, 0.25) is 0 Å². The zero-order valence-corrected chi connectivity index (χ0v) is 23.8. The van der Waals surface area contributed by atoms with E-state index in [0.717, 1.165) is 67.8 Å². The van der Waals surface area contributed by atoms with Crippen molar-refractivity contribution in [2.24, 2.45) is 0 Å². The molecule has 2 fully saturated rings. The Hall–Kier alpha value is -2.58. The number of hydrogen-bond acceptors (Lipinski definition) is 8. The monoisotopic (exact) mass is 539 g/mol. The van der Waals surface area contributed by atoms with Crippen molar-refractivity contribution in [2.75, 3.05) is 19.9 Å². The first-order valence-electron chi connectivity index (χ1n) is 14.5. The van der Waals surface area contributed by atoms with Crippen LogP contribution in [0.4, 0.5) is 0 Å². The van der Waals surface area contributed by atoms with Crippen LogP contribution >= 0.6 is 0 Å². The molecule has 212 valence electrons. The molecule has 1 aromatic rings. The highest BCUT2D eigenvalue weighted by molar-refractivity contribution is 5.86. The molecule has 39 heavy (non-hydrogen) atoms. The summed E-state index contributed by atoms with van der Waals surface area (Å²) in [4.78, 5) is 29.7. The number of esters is 2. The Bertz CT molecular complexity index is 1210. The van der Waals surface area contributed by atoms with E-state index in [1.54, 1.807) is 0 Å². The van der Waals surface area contributed by atoms with Crippen molar-refractivity contribution in [3.05, 3.63) is 34.9 Å². The third-order valence-electron chi connectivity index (χ3n) is 9.22. The maximum atomic E-state index is 14.2. The molecule has 8 heteroatoms. The second kappa shape index (κ2) is 9.51. The minimum absolute atomic E-state index is 0.0767. The Labute approximate surface area is 230 Å². The van der Waals surface area contributed by atoms with Crippen molar-refractivity contribution < 1.29 is 33.3 Å². The summed E-state index contributed by atoms with van der Waals surface area (Å²) in [6.07, 6.45) is 6.46. The summed E-state index contributed by atoms with van der Waals surface area (Å²) < 4.78 is 29.9. The Balaban J connectivity index is 1.37. The van der Waals surface area contributed by atoms with Gasteiger partial charge in [0.2, 0.25) is 6.79 Å². The zero-order valence-electron chi connectivity index (χ0n) is 23.8. The number of carbonyl (C=O) groups is 2. The molecular formula is C31H41NO7. The lowest BCUT2D eigenvalue weighted by atomic mass is 9.77. The Morgan fingerprint density at radius 2 is 1.85 bits per heavy atom. The van der Waals surface area contributed by atoms with Crippen LogP contribution in [0.15, 0.2) is 23.8 Å². The normalized spacial score (nSPS) is 32.6. The maximum absolute atomic E-state index is 14.2. The smallest absolute Gasteiger partial charge is 0.339 e. The highest BCUT2D eigenvalue weighted by Crippen LogP contribution is 2.56. The lowest BCUT2D eigenvalue weighted by molar-refractivity contribution is -0.216. The van der Waals surface area contributed by atoms with Gasteiger partial charge in [-0.25, -0.2) is 4.79 Å². The van der Waals surface area contributed by atoms with Gasteiger partial charge < -0.3 is 23.7 Å². The van der Waals surface area contributed by atoms with Crippen molar-refractivity contribution in [3.8, 4) is 11.5 Å². The van der Waals surface area contributed by atoms with Crippen molar-refractivity contribution in [1.29, 1.82) is 0 Å². The topological polar surface area (TPSA) is 83.5 Å². The lowest BCUT2D eigenvalue weighted by Gasteiger charge is -2.44. The third kappa shape index (κ3) is 4.53. The molecule has 2 saturated heterocycles. The zero-order chi connectivity index (χ0) is 27.6. The van der Waals surface area contributed by atoms with Gasteiger partial charge in [0.15, 0.2) is 17.1 Å². The van der Waals surface area contributed by atoms with Gasteiger partial charge in [-0.05, 0) is 109 Å². The number of benzene rings is 1. The van der Waals surface area contributed by atoms with Crippen LogP contribution in [0.3, 0.4) is 0 Å². The van der Waals surface area contributed by atoms with Crippen LogP contribution in [0.1, 0.15) is 90.2 Å². The molecular weight excluding hydrogens is 498 g/mol. The van der Waals surface area contributed by atoms with Gasteiger partial charge >= 0.3 is 11.9 Å². The summed E-state index contributed by atoms with van der Waals surface area (Å²) in [6.45, 7) is 11.8. The van der Waals surface area contributed by atoms with E-state index in [1.165, 1.54) is 5.56 Å². The van der Waals surface area contributed by atoms with Gasteiger partial charge in [-0.2, -0.15) is 0 Å². The van der Waals surface area contributed by atoms with Crippen molar-refractivity contribution >= 4 is 11.9 Å². The predicted octanol–water partition coefficient (Wildman–Crippen LogP) is 4.82. The van der Waals surface area contributed by atoms with Crippen LogP contribution < -0.4 is 9.47 Å². The molecule has 4 atom stereocenters. The van der Waals surface area contributed by atoms with E-state index in [1.807, 2.05) is 27.7 Å². The van der Waals surface area contributed by atoms with Crippen molar-refractivity contribution in [3.63, 3.8) is 0 Å². The van der Waals surface area contributed by atoms with Crippen molar-refractivity contribution in [2.45, 2.75) is 114 Å². The number of rotatable bonds is 5. The Morgan fingerprint density at radius 1 is 1.08 bits per heavy atom. The molecule has 5 aliphatic rings. The summed E-state index contributed by atoms with van der Waals surface area (Å²) in [6, 6.07) is 4.21. The molecule has 0 bridgehead atoms. The number of hydrogen-bond donors (Lipinski definition) is 0. The molecule has 1 spiro atoms. The van der Waals surface area contributed by atoms with Gasteiger partial charge in [0.1, 0.15) is 6.10 Å². The Morgan fingerprint density at radius 3 is 2.59 bits per heavy atom. The molecule has 1 aromatic carbocycles.